The Morgan fingerprint density at radius 2 is 2.00 bits per heavy atom. The van der Waals surface area contributed by atoms with Gasteiger partial charge in [-0.3, -0.25) is 0 Å². The number of ether oxygens (including phenoxy) is 1. The van der Waals surface area contributed by atoms with E-state index in [9.17, 15) is 9.59 Å². The summed E-state index contributed by atoms with van der Waals surface area (Å²) in [4.78, 5) is 22.3. The maximum Gasteiger partial charge on any atom is 0.326 e. The van der Waals surface area contributed by atoms with Crippen molar-refractivity contribution in [3.05, 3.63) is 0 Å². The van der Waals surface area contributed by atoms with E-state index in [1.165, 1.54) is 0 Å². The number of amides is 2. The molecule has 0 saturated heterocycles. The first kappa shape index (κ1) is 16.7. The highest BCUT2D eigenvalue weighted by molar-refractivity contribution is 5.82. The second-order valence-corrected chi connectivity index (χ2v) is 4.13. The van der Waals surface area contributed by atoms with Crippen molar-refractivity contribution in [3.8, 4) is 0 Å². The van der Waals surface area contributed by atoms with E-state index in [0.29, 0.717) is 19.6 Å². The molecule has 0 radical (unpaired) electrons. The smallest absolute Gasteiger partial charge is 0.326 e. The van der Waals surface area contributed by atoms with Gasteiger partial charge in [-0.15, -0.1) is 0 Å². The second-order valence-electron chi connectivity index (χ2n) is 4.13. The number of hydrogen-bond acceptors (Lipinski definition) is 3. The SMILES string of the molecule is CCCCC(NC(=O)NCCCCOC)C(=O)O. The number of urea groups is 1. The normalized spacial score (nSPS) is 11.9. The fourth-order valence-corrected chi connectivity index (χ4v) is 1.45. The van der Waals surface area contributed by atoms with Gasteiger partial charge in [-0.2, -0.15) is 0 Å². The van der Waals surface area contributed by atoms with Crippen molar-refractivity contribution in [1.29, 1.82) is 0 Å². The number of carboxylic acids is 1. The van der Waals surface area contributed by atoms with Crippen LogP contribution < -0.4 is 10.6 Å². The van der Waals surface area contributed by atoms with E-state index in [1.807, 2.05) is 6.92 Å². The van der Waals surface area contributed by atoms with Crippen molar-refractivity contribution >= 4 is 12.0 Å². The van der Waals surface area contributed by atoms with Gasteiger partial charge in [0.05, 0.1) is 0 Å². The van der Waals surface area contributed by atoms with Crippen LogP contribution in [0.2, 0.25) is 0 Å². The van der Waals surface area contributed by atoms with Crippen molar-refractivity contribution in [2.45, 2.75) is 45.1 Å². The second kappa shape index (κ2) is 10.8. The first-order valence-electron chi connectivity index (χ1n) is 6.38. The van der Waals surface area contributed by atoms with E-state index < -0.39 is 18.0 Å². The molecule has 0 aromatic carbocycles. The molecule has 2 amide bonds. The largest absolute Gasteiger partial charge is 0.480 e. The summed E-state index contributed by atoms with van der Waals surface area (Å²) in [5.74, 6) is -0.988. The van der Waals surface area contributed by atoms with Gasteiger partial charge >= 0.3 is 12.0 Å². The molecule has 6 nitrogen and oxygen atoms in total. The molecular formula is C12H24N2O4. The first-order valence-corrected chi connectivity index (χ1v) is 6.38. The van der Waals surface area contributed by atoms with E-state index in [-0.39, 0.29) is 0 Å². The van der Waals surface area contributed by atoms with Crippen LogP contribution in [0.5, 0.6) is 0 Å². The van der Waals surface area contributed by atoms with E-state index in [0.717, 1.165) is 25.7 Å². The molecule has 3 N–H and O–H groups in total. The highest BCUT2D eigenvalue weighted by atomic mass is 16.5. The third-order valence-corrected chi connectivity index (χ3v) is 2.51. The summed E-state index contributed by atoms with van der Waals surface area (Å²) < 4.78 is 4.88. The summed E-state index contributed by atoms with van der Waals surface area (Å²) in [6.45, 7) is 3.17. The van der Waals surface area contributed by atoms with Crippen LogP contribution in [-0.2, 0) is 9.53 Å². The number of rotatable bonds is 10. The third-order valence-electron chi connectivity index (χ3n) is 2.51. The zero-order valence-electron chi connectivity index (χ0n) is 11.2. The van der Waals surface area contributed by atoms with Gasteiger partial charge in [-0.25, -0.2) is 9.59 Å². The van der Waals surface area contributed by atoms with Gasteiger partial charge in [-0.05, 0) is 19.3 Å². The predicted octanol–water partition coefficient (Wildman–Crippen LogP) is 1.36. The number of carbonyl (C=O) groups is 2. The van der Waals surface area contributed by atoms with E-state index in [4.69, 9.17) is 9.84 Å². The van der Waals surface area contributed by atoms with Gasteiger partial charge in [0.15, 0.2) is 0 Å². The quantitative estimate of drug-likeness (QED) is 0.517. The number of unbranched alkanes of at least 4 members (excludes halogenated alkanes) is 2. The molecule has 6 heteroatoms. The average Bonchev–Trinajstić information content (AvgIpc) is 2.33. The molecule has 0 bridgehead atoms. The van der Waals surface area contributed by atoms with Gasteiger partial charge in [0.2, 0.25) is 0 Å². The summed E-state index contributed by atoms with van der Waals surface area (Å²) in [6, 6.07) is -1.22. The minimum atomic E-state index is -0.988. The third kappa shape index (κ3) is 8.81. The number of hydrogen-bond donors (Lipinski definition) is 3. The fourth-order valence-electron chi connectivity index (χ4n) is 1.45. The zero-order valence-corrected chi connectivity index (χ0v) is 11.2. The topological polar surface area (TPSA) is 87.7 Å². The predicted molar refractivity (Wildman–Crippen MR) is 68.6 cm³/mol. The molecule has 0 aromatic rings. The van der Waals surface area contributed by atoms with Crippen LogP contribution in [0, 0.1) is 0 Å². The van der Waals surface area contributed by atoms with Crippen LogP contribution in [0.4, 0.5) is 4.79 Å². The molecule has 0 fully saturated rings. The number of methoxy groups -OCH3 is 1. The molecule has 0 aliphatic heterocycles. The molecule has 106 valence electrons. The Bertz CT molecular complexity index is 246. The van der Waals surface area contributed by atoms with E-state index in [2.05, 4.69) is 10.6 Å². The Kier molecular flexibility index (Phi) is 10.0. The van der Waals surface area contributed by atoms with Crippen LogP contribution in [0.1, 0.15) is 39.0 Å². The number of carbonyl (C=O) groups excluding carboxylic acids is 1. The molecule has 18 heavy (non-hydrogen) atoms. The molecule has 1 atom stereocenters. The zero-order chi connectivity index (χ0) is 13.8. The van der Waals surface area contributed by atoms with Crippen LogP contribution in [-0.4, -0.2) is 43.4 Å². The maximum atomic E-state index is 11.4. The lowest BCUT2D eigenvalue weighted by molar-refractivity contribution is -0.139. The summed E-state index contributed by atoms with van der Waals surface area (Å²) in [5.41, 5.74) is 0. The standard InChI is InChI=1S/C12H24N2O4/c1-3-4-7-10(11(15)16)14-12(17)13-8-5-6-9-18-2/h10H,3-9H2,1-2H3,(H,15,16)(H2,13,14,17). The molecule has 0 rings (SSSR count). The van der Waals surface area contributed by atoms with Gasteiger partial charge in [-0.1, -0.05) is 19.8 Å². The average molecular weight is 260 g/mol. The van der Waals surface area contributed by atoms with Crippen molar-refractivity contribution < 1.29 is 19.4 Å². The minimum absolute atomic E-state index is 0.420. The van der Waals surface area contributed by atoms with Crippen molar-refractivity contribution in [2.75, 3.05) is 20.3 Å². The Labute approximate surface area is 108 Å². The summed E-state index contributed by atoms with van der Waals surface area (Å²) in [7, 11) is 1.63. The van der Waals surface area contributed by atoms with Crippen molar-refractivity contribution in [1.82, 2.24) is 10.6 Å². The van der Waals surface area contributed by atoms with Crippen LogP contribution >= 0.6 is 0 Å². The summed E-state index contributed by atoms with van der Waals surface area (Å²) in [6.07, 6.45) is 3.83. The van der Waals surface area contributed by atoms with Crippen LogP contribution in [0.15, 0.2) is 0 Å². The summed E-state index contributed by atoms with van der Waals surface area (Å²) in [5, 5.41) is 14.0. The van der Waals surface area contributed by atoms with Gasteiger partial charge in [0.25, 0.3) is 0 Å². The highest BCUT2D eigenvalue weighted by Crippen LogP contribution is 2.00. The van der Waals surface area contributed by atoms with Gasteiger partial charge in [0, 0.05) is 20.3 Å². The Morgan fingerprint density at radius 1 is 1.28 bits per heavy atom. The molecule has 0 saturated carbocycles. The van der Waals surface area contributed by atoms with Crippen LogP contribution in [0.25, 0.3) is 0 Å². The molecule has 1 unspecified atom stereocenters. The minimum Gasteiger partial charge on any atom is -0.480 e. The monoisotopic (exact) mass is 260 g/mol. The lowest BCUT2D eigenvalue weighted by atomic mass is 10.1. The Balaban J connectivity index is 3.77. The molecule has 0 aliphatic rings. The van der Waals surface area contributed by atoms with Crippen molar-refractivity contribution in [2.24, 2.45) is 0 Å². The molecule has 0 aliphatic carbocycles. The maximum absolute atomic E-state index is 11.4. The molecular weight excluding hydrogens is 236 g/mol. The highest BCUT2D eigenvalue weighted by Gasteiger charge is 2.18. The molecule has 0 heterocycles. The van der Waals surface area contributed by atoms with Gasteiger partial charge in [0.1, 0.15) is 6.04 Å². The van der Waals surface area contributed by atoms with Crippen molar-refractivity contribution in [3.63, 3.8) is 0 Å². The lowest BCUT2D eigenvalue weighted by Crippen LogP contribution is -2.46. The molecule has 0 aromatic heterocycles. The van der Waals surface area contributed by atoms with E-state index in [1.54, 1.807) is 7.11 Å². The Hall–Kier alpha value is -1.30. The van der Waals surface area contributed by atoms with Crippen LogP contribution in [0.3, 0.4) is 0 Å². The van der Waals surface area contributed by atoms with Gasteiger partial charge < -0.3 is 20.5 Å². The summed E-state index contributed by atoms with van der Waals surface area (Å²) >= 11 is 0. The number of aliphatic carboxylic acids is 1. The van der Waals surface area contributed by atoms with E-state index >= 15 is 0 Å². The molecule has 0 spiro atoms. The lowest BCUT2D eigenvalue weighted by Gasteiger charge is -2.14. The fraction of sp³-hybridized carbons (Fsp3) is 0.833. The Morgan fingerprint density at radius 3 is 2.56 bits per heavy atom. The number of nitrogens with one attached hydrogen (secondary N) is 2. The first-order chi connectivity index (χ1) is 8.61. The number of carboxylic acid groups (broad SMARTS) is 1.